The van der Waals surface area contributed by atoms with Crippen LogP contribution in [0.4, 0.5) is 0 Å². The summed E-state index contributed by atoms with van der Waals surface area (Å²) in [6.45, 7) is 6.68. The number of nitrogens with zero attached hydrogens (tertiary/aromatic N) is 3. The quantitative estimate of drug-likeness (QED) is 0.820. The topological polar surface area (TPSA) is 48.7 Å². The standard InChI is InChI=1S/C12H13N3O/c1-3-15-8-10(6-13-9(15)2)12-5-4-11(16)7-14-12/h4-8,16H,2-3H2,1H3. The maximum Gasteiger partial charge on any atom is 0.133 e. The Morgan fingerprint density at radius 2 is 2.25 bits per heavy atom. The van der Waals surface area contributed by atoms with Crippen molar-refractivity contribution in [2.45, 2.75) is 6.92 Å². The van der Waals surface area contributed by atoms with Gasteiger partial charge >= 0.3 is 0 Å². The fourth-order valence-corrected chi connectivity index (χ4v) is 1.46. The molecule has 4 heteroatoms. The molecular weight excluding hydrogens is 202 g/mol. The molecule has 4 nitrogen and oxygen atoms in total. The van der Waals surface area contributed by atoms with Gasteiger partial charge in [-0.05, 0) is 19.1 Å². The predicted octanol–water partition coefficient (Wildman–Crippen LogP) is 2.01. The van der Waals surface area contributed by atoms with E-state index in [1.54, 1.807) is 18.3 Å². The lowest BCUT2D eigenvalue weighted by atomic mass is 10.2. The zero-order chi connectivity index (χ0) is 11.5. The van der Waals surface area contributed by atoms with E-state index in [0.717, 1.165) is 23.6 Å². The summed E-state index contributed by atoms with van der Waals surface area (Å²) in [7, 11) is 0. The summed E-state index contributed by atoms with van der Waals surface area (Å²) in [6.07, 6.45) is 5.10. The molecule has 16 heavy (non-hydrogen) atoms. The predicted molar refractivity (Wildman–Crippen MR) is 63.9 cm³/mol. The second kappa shape index (κ2) is 4.18. The zero-order valence-electron chi connectivity index (χ0n) is 9.09. The van der Waals surface area contributed by atoms with Gasteiger partial charge in [0.25, 0.3) is 0 Å². The molecule has 0 aliphatic carbocycles. The lowest BCUT2D eigenvalue weighted by molar-refractivity contribution is 0.472. The Balaban J connectivity index is 2.31. The maximum absolute atomic E-state index is 9.16. The zero-order valence-corrected chi connectivity index (χ0v) is 9.09. The molecule has 2 rings (SSSR count). The molecule has 1 aromatic heterocycles. The number of rotatable bonds is 2. The Hall–Kier alpha value is -2.10. The van der Waals surface area contributed by atoms with Crippen LogP contribution in [0, 0.1) is 0 Å². The van der Waals surface area contributed by atoms with Gasteiger partial charge in [0.2, 0.25) is 0 Å². The van der Waals surface area contributed by atoms with E-state index in [1.807, 2.05) is 18.0 Å². The third-order valence-electron chi connectivity index (χ3n) is 2.36. The van der Waals surface area contributed by atoms with E-state index < -0.39 is 0 Å². The molecule has 0 aromatic carbocycles. The fraction of sp³-hybridized carbons (Fsp3) is 0.167. The van der Waals surface area contributed by atoms with E-state index in [1.165, 1.54) is 6.20 Å². The molecule has 82 valence electrons. The van der Waals surface area contributed by atoms with Crippen molar-refractivity contribution in [2.75, 3.05) is 6.54 Å². The van der Waals surface area contributed by atoms with Crippen molar-refractivity contribution >= 4 is 11.8 Å². The van der Waals surface area contributed by atoms with Crippen LogP contribution in [0.1, 0.15) is 12.6 Å². The first-order valence-electron chi connectivity index (χ1n) is 5.07. The highest BCUT2D eigenvalue weighted by Crippen LogP contribution is 2.19. The number of hydrogen-bond acceptors (Lipinski definition) is 4. The minimum absolute atomic E-state index is 0.161. The number of aromatic hydroxyl groups is 1. The number of aromatic nitrogens is 1. The highest BCUT2D eigenvalue weighted by Gasteiger charge is 2.10. The minimum Gasteiger partial charge on any atom is -0.506 e. The molecule has 1 aliphatic rings. The Morgan fingerprint density at radius 1 is 1.44 bits per heavy atom. The van der Waals surface area contributed by atoms with Crippen LogP contribution < -0.4 is 0 Å². The molecule has 0 saturated carbocycles. The van der Waals surface area contributed by atoms with Gasteiger partial charge in [-0.3, -0.25) is 4.98 Å². The number of pyridine rings is 1. The molecule has 2 heterocycles. The first-order valence-corrected chi connectivity index (χ1v) is 5.07. The van der Waals surface area contributed by atoms with E-state index in [0.29, 0.717) is 0 Å². The molecule has 1 aliphatic heterocycles. The summed E-state index contributed by atoms with van der Waals surface area (Å²) >= 11 is 0. The summed E-state index contributed by atoms with van der Waals surface area (Å²) < 4.78 is 0. The van der Waals surface area contributed by atoms with Crippen LogP contribution in [0.2, 0.25) is 0 Å². The molecule has 0 atom stereocenters. The fourth-order valence-electron chi connectivity index (χ4n) is 1.46. The number of allylic oxidation sites excluding steroid dienone is 1. The van der Waals surface area contributed by atoms with Crippen molar-refractivity contribution in [3.63, 3.8) is 0 Å². The van der Waals surface area contributed by atoms with Crippen molar-refractivity contribution in [3.8, 4) is 5.75 Å². The van der Waals surface area contributed by atoms with Crippen LogP contribution >= 0.6 is 0 Å². The smallest absolute Gasteiger partial charge is 0.133 e. The third-order valence-corrected chi connectivity index (χ3v) is 2.36. The molecule has 0 fully saturated rings. The summed E-state index contributed by atoms with van der Waals surface area (Å²) in [6, 6.07) is 3.37. The second-order valence-electron chi connectivity index (χ2n) is 3.45. The molecule has 0 radical (unpaired) electrons. The van der Waals surface area contributed by atoms with Gasteiger partial charge in [0.05, 0.1) is 11.9 Å². The first kappa shape index (κ1) is 10.4. The number of aliphatic imine (C=N–C) groups is 1. The number of hydrogen-bond donors (Lipinski definition) is 1. The largest absolute Gasteiger partial charge is 0.506 e. The first-order chi connectivity index (χ1) is 7.70. The Morgan fingerprint density at radius 3 is 2.88 bits per heavy atom. The molecule has 0 amide bonds. The monoisotopic (exact) mass is 215 g/mol. The average molecular weight is 215 g/mol. The second-order valence-corrected chi connectivity index (χ2v) is 3.45. The third kappa shape index (κ3) is 1.95. The summed E-state index contributed by atoms with van der Waals surface area (Å²) in [4.78, 5) is 10.3. The van der Waals surface area contributed by atoms with Crippen LogP contribution in [0.3, 0.4) is 0 Å². The van der Waals surface area contributed by atoms with E-state index in [2.05, 4.69) is 16.6 Å². The van der Waals surface area contributed by atoms with Gasteiger partial charge in [0, 0.05) is 24.5 Å². The normalized spacial score (nSPS) is 15.2. The van der Waals surface area contributed by atoms with Crippen LogP contribution in [-0.4, -0.2) is 27.7 Å². The van der Waals surface area contributed by atoms with E-state index >= 15 is 0 Å². The van der Waals surface area contributed by atoms with Crippen molar-refractivity contribution < 1.29 is 5.11 Å². The van der Waals surface area contributed by atoms with Gasteiger partial charge in [-0.2, -0.15) is 0 Å². The molecule has 1 N–H and O–H groups in total. The molecular formula is C12H13N3O. The van der Waals surface area contributed by atoms with Crippen molar-refractivity contribution in [1.29, 1.82) is 0 Å². The van der Waals surface area contributed by atoms with Crippen LogP contribution in [0.5, 0.6) is 5.75 Å². The lowest BCUT2D eigenvalue weighted by Crippen LogP contribution is -2.18. The molecule has 0 spiro atoms. The lowest BCUT2D eigenvalue weighted by Gasteiger charge is -2.22. The van der Waals surface area contributed by atoms with Crippen molar-refractivity contribution in [3.05, 3.63) is 42.6 Å². The van der Waals surface area contributed by atoms with Gasteiger partial charge in [-0.25, -0.2) is 4.99 Å². The maximum atomic E-state index is 9.16. The van der Waals surface area contributed by atoms with Crippen LogP contribution in [-0.2, 0) is 0 Å². The highest BCUT2D eigenvalue weighted by atomic mass is 16.3. The Kier molecular flexibility index (Phi) is 2.72. The van der Waals surface area contributed by atoms with Gasteiger partial charge in [0.15, 0.2) is 0 Å². The van der Waals surface area contributed by atoms with Crippen molar-refractivity contribution in [1.82, 2.24) is 9.88 Å². The minimum atomic E-state index is 0.161. The van der Waals surface area contributed by atoms with Gasteiger partial charge in [-0.15, -0.1) is 0 Å². The average Bonchev–Trinajstić information content (AvgIpc) is 2.31. The van der Waals surface area contributed by atoms with E-state index in [4.69, 9.17) is 5.11 Å². The highest BCUT2D eigenvalue weighted by molar-refractivity contribution is 6.09. The van der Waals surface area contributed by atoms with Gasteiger partial charge in [0.1, 0.15) is 11.6 Å². The van der Waals surface area contributed by atoms with E-state index in [-0.39, 0.29) is 5.75 Å². The SMILES string of the molecule is C=C1N=CC(c2ccc(O)cn2)=CN1CC. The Labute approximate surface area is 94.3 Å². The molecule has 0 bridgehead atoms. The van der Waals surface area contributed by atoms with Gasteiger partial charge < -0.3 is 10.0 Å². The summed E-state index contributed by atoms with van der Waals surface area (Å²) in [5, 5.41) is 9.16. The van der Waals surface area contributed by atoms with Crippen LogP contribution in [0.15, 0.2) is 41.9 Å². The van der Waals surface area contributed by atoms with Crippen LogP contribution in [0.25, 0.3) is 5.57 Å². The Bertz CT molecular complexity index is 460. The summed E-state index contributed by atoms with van der Waals surface area (Å²) in [5.74, 6) is 0.888. The molecule has 0 saturated heterocycles. The summed E-state index contributed by atoms with van der Waals surface area (Å²) in [5.41, 5.74) is 1.70. The molecule has 0 unspecified atom stereocenters. The van der Waals surface area contributed by atoms with Crippen molar-refractivity contribution in [2.24, 2.45) is 4.99 Å². The molecule has 1 aromatic rings. The van der Waals surface area contributed by atoms with E-state index in [9.17, 15) is 0 Å². The van der Waals surface area contributed by atoms with Gasteiger partial charge in [-0.1, -0.05) is 6.58 Å².